The number of amides is 1. The standard InChI is InChI=1S/C10H12N2O/c1-8(11-12-9(2)13)10-6-4-3-5-7-10/h3-7,11H,1H2,2H3,(H,12,13). The first-order valence-electron chi connectivity index (χ1n) is 3.97. The van der Waals surface area contributed by atoms with E-state index in [9.17, 15) is 4.79 Å². The van der Waals surface area contributed by atoms with Crippen LogP contribution in [0.25, 0.3) is 5.70 Å². The van der Waals surface area contributed by atoms with E-state index >= 15 is 0 Å². The van der Waals surface area contributed by atoms with E-state index in [1.165, 1.54) is 6.92 Å². The highest BCUT2D eigenvalue weighted by molar-refractivity contribution is 5.74. The fraction of sp³-hybridized carbons (Fsp3) is 0.100. The van der Waals surface area contributed by atoms with Crippen LogP contribution in [0.1, 0.15) is 12.5 Å². The van der Waals surface area contributed by atoms with Crippen LogP contribution in [0.5, 0.6) is 0 Å². The summed E-state index contributed by atoms with van der Waals surface area (Å²) in [6.07, 6.45) is 0. The second kappa shape index (κ2) is 4.30. The zero-order valence-corrected chi connectivity index (χ0v) is 7.50. The SMILES string of the molecule is C=C(NNC(C)=O)c1ccccc1. The number of nitrogens with one attached hydrogen (secondary N) is 2. The van der Waals surface area contributed by atoms with Gasteiger partial charge in [0.15, 0.2) is 0 Å². The molecule has 3 heteroatoms. The van der Waals surface area contributed by atoms with E-state index in [0.717, 1.165) is 5.56 Å². The molecule has 0 atom stereocenters. The second-order valence-corrected chi connectivity index (χ2v) is 2.65. The number of rotatable bonds is 3. The molecule has 0 bridgehead atoms. The summed E-state index contributed by atoms with van der Waals surface area (Å²) < 4.78 is 0. The summed E-state index contributed by atoms with van der Waals surface area (Å²) >= 11 is 0. The van der Waals surface area contributed by atoms with E-state index in [0.29, 0.717) is 5.70 Å². The molecule has 0 aromatic heterocycles. The number of hydrazine groups is 1. The van der Waals surface area contributed by atoms with Crippen LogP contribution in [-0.4, -0.2) is 5.91 Å². The van der Waals surface area contributed by atoms with Gasteiger partial charge in [0.25, 0.3) is 0 Å². The van der Waals surface area contributed by atoms with Gasteiger partial charge in [0, 0.05) is 6.92 Å². The average Bonchev–Trinajstić information content (AvgIpc) is 2.15. The fourth-order valence-electron chi connectivity index (χ4n) is 0.875. The Balaban J connectivity index is 2.54. The highest BCUT2D eigenvalue weighted by Crippen LogP contribution is 2.06. The predicted molar refractivity (Wildman–Crippen MR) is 52.4 cm³/mol. The van der Waals surface area contributed by atoms with Crippen molar-refractivity contribution in [3.63, 3.8) is 0 Å². The Bertz CT molecular complexity index is 306. The van der Waals surface area contributed by atoms with Crippen LogP contribution in [0, 0.1) is 0 Å². The Morgan fingerprint density at radius 1 is 1.23 bits per heavy atom. The van der Waals surface area contributed by atoms with Crippen LogP contribution in [-0.2, 0) is 4.79 Å². The summed E-state index contributed by atoms with van der Waals surface area (Å²) in [5.41, 5.74) is 6.79. The second-order valence-electron chi connectivity index (χ2n) is 2.65. The van der Waals surface area contributed by atoms with Crippen LogP contribution < -0.4 is 10.9 Å². The zero-order chi connectivity index (χ0) is 9.68. The molecule has 0 saturated heterocycles. The van der Waals surface area contributed by atoms with Crippen molar-refractivity contribution in [1.29, 1.82) is 0 Å². The summed E-state index contributed by atoms with van der Waals surface area (Å²) in [6.45, 7) is 5.21. The van der Waals surface area contributed by atoms with Gasteiger partial charge < -0.3 is 0 Å². The van der Waals surface area contributed by atoms with E-state index in [-0.39, 0.29) is 5.91 Å². The van der Waals surface area contributed by atoms with Gasteiger partial charge in [0.2, 0.25) is 5.91 Å². The molecule has 0 radical (unpaired) electrons. The Morgan fingerprint density at radius 2 is 1.85 bits per heavy atom. The summed E-state index contributed by atoms with van der Waals surface area (Å²) in [6, 6.07) is 9.58. The molecule has 1 amide bonds. The zero-order valence-electron chi connectivity index (χ0n) is 7.50. The number of carbonyl (C=O) groups is 1. The number of carbonyl (C=O) groups excluding carboxylic acids is 1. The Kier molecular flexibility index (Phi) is 3.09. The molecule has 13 heavy (non-hydrogen) atoms. The van der Waals surface area contributed by atoms with E-state index in [2.05, 4.69) is 17.4 Å². The van der Waals surface area contributed by atoms with Crippen molar-refractivity contribution in [3.8, 4) is 0 Å². The smallest absolute Gasteiger partial charge is 0.235 e. The van der Waals surface area contributed by atoms with Crippen LogP contribution in [0.4, 0.5) is 0 Å². The number of hydrogen-bond donors (Lipinski definition) is 2. The van der Waals surface area contributed by atoms with E-state index < -0.39 is 0 Å². The molecule has 0 aliphatic carbocycles. The van der Waals surface area contributed by atoms with Crippen LogP contribution in [0.2, 0.25) is 0 Å². The van der Waals surface area contributed by atoms with Crippen molar-refractivity contribution < 1.29 is 4.79 Å². The van der Waals surface area contributed by atoms with Gasteiger partial charge in [-0.2, -0.15) is 0 Å². The lowest BCUT2D eigenvalue weighted by Crippen LogP contribution is -2.33. The molecule has 1 rings (SSSR count). The van der Waals surface area contributed by atoms with E-state index in [4.69, 9.17) is 0 Å². The monoisotopic (exact) mass is 176 g/mol. The minimum Gasteiger partial charge on any atom is -0.299 e. The summed E-state index contributed by atoms with van der Waals surface area (Å²) in [4.78, 5) is 10.6. The molecule has 0 saturated carbocycles. The lowest BCUT2D eigenvalue weighted by Gasteiger charge is -2.08. The normalized spacial score (nSPS) is 9.00. The molecule has 0 spiro atoms. The first-order valence-corrected chi connectivity index (χ1v) is 3.97. The quantitative estimate of drug-likeness (QED) is 0.681. The van der Waals surface area contributed by atoms with Gasteiger partial charge in [-0.25, -0.2) is 0 Å². The average molecular weight is 176 g/mol. The maximum Gasteiger partial charge on any atom is 0.235 e. The van der Waals surface area contributed by atoms with Crippen molar-refractivity contribution in [2.24, 2.45) is 0 Å². The summed E-state index contributed by atoms with van der Waals surface area (Å²) in [5, 5.41) is 0. The molecule has 3 nitrogen and oxygen atoms in total. The molecule has 0 aliphatic rings. The molecule has 0 heterocycles. The van der Waals surface area contributed by atoms with Crippen LogP contribution >= 0.6 is 0 Å². The van der Waals surface area contributed by atoms with Gasteiger partial charge in [0.05, 0.1) is 5.70 Å². The molecular formula is C10H12N2O. The molecular weight excluding hydrogens is 164 g/mol. The number of hydrogen-bond acceptors (Lipinski definition) is 2. The highest BCUT2D eigenvalue weighted by Gasteiger charge is 1.96. The number of benzene rings is 1. The molecule has 68 valence electrons. The fourth-order valence-corrected chi connectivity index (χ4v) is 0.875. The lowest BCUT2D eigenvalue weighted by molar-refractivity contribution is -0.119. The molecule has 0 unspecified atom stereocenters. The van der Waals surface area contributed by atoms with E-state index in [1.54, 1.807) is 0 Å². The van der Waals surface area contributed by atoms with Crippen molar-refractivity contribution >= 4 is 11.6 Å². The third kappa shape index (κ3) is 2.99. The third-order valence-electron chi connectivity index (χ3n) is 1.51. The Hall–Kier alpha value is -1.77. The molecule has 1 aromatic carbocycles. The molecule has 0 aliphatic heterocycles. The molecule has 0 fully saturated rings. The van der Waals surface area contributed by atoms with Crippen molar-refractivity contribution in [3.05, 3.63) is 42.5 Å². The minimum atomic E-state index is -0.142. The van der Waals surface area contributed by atoms with Crippen molar-refractivity contribution in [2.75, 3.05) is 0 Å². The maximum atomic E-state index is 10.6. The van der Waals surface area contributed by atoms with Gasteiger partial charge in [-0.3, -0.25) is 15.6 Å². The van der Waals surface area contributed by atoms with Gasteiger partial charge in [0.1, 0.15) is 0 Å². The summed E-state index contributed by atoms with van der Waals surface area (Å²) in [7, 11) is 0. The first kappa shape index (κ1) is 9.32. The van der Waals surface area contributed by atoms with Gasteiger partial charge in [-0.05, 0) is 5.56 Å². The van der Waals surface area contributed by atoms with Crippen molar-refractivity contribution in [2.45, 2.75) is 6.92 Å². The van der Waals surface area contributed by atoms with E-state index in [1.807, 2.05) is 30.3 Å². The lowest BCUT2D eigenvalue weighted by atomic mass is 10.2. The Morgan fingerprint density at radius 3 is 2.38 bits per heavy atom. The molecule has 2 N–H and O–H groups in total. The predicted octanol–water partition coefficient (Wildman–Crippen LogP) is 1.30. The highest BCUT2D eigenvalue weighted by atomic mass is 16.2. The summed E-state index contributed by atoms with van der Waals surface area (Å²) in [5.74, 6) is -0.142. The first-order chi connectivity index (χ1) is 6.20. The topological polar surface area (TPSA) is 41.1 Å². The van der Waals surface area contributed by atoms with Crippen LogP contribution in [0.15, 0.2) is 36.9 Å². The van der Waals surface area contributed by atoms with Gasteiger partial charge in [-0.15, -0.1) is 0 Å². The Labute approximate surface area is 77.4 Å². The maximum absolute atomic E-state index is 10.6. The largest absolute Gasteiger partial charge is 0.299 e. The van der Waals surface area contributed by atoms with Crippen LogP contribution in [0.3, 0.4) is 0 Å². The minimum absolute atomic E-state index is 0.142. The molecule has 1 aromatic rings. The van der Waals surface area contributed by atoms with Gasteiger partial charge in [-0.1, -0.05) is 36.9 Å². The van der Waals surface area contributed by atoms with Gasteiger partial charge >= 0.3 is 0 Å². The third-order valence-corrected chi connectivity index (χ3v) is 1.51. The van der Waals surface area contributed by atoms with Crippen molar-refractivity contribution in [1.82, 2.24) is 10.9 Å².